The molecule has 2 aromatic rings. The van der Waals surface area contributed by atoms with Gasteiger partial charge < -0.3 is 10.2 Å². The number of aromatic nitrogens is 2. The SMILES string of the molecule is Cc1cc(C(F)(F)F)ccc1-c1nnc(N[C@@H]2CCCN(C)C2)cc1C. The molecule has 1 N–H and O–H groups in total. The van der Waals surface area contributed by atoms with Crippen molar-refractivity contribution >= 4 is 5.82 Å². The molecule has 0 aliphatic carbocycles. The third-order valence-electron chi connectivity index (χ3n) is 4.77. The second kappa shape index (κ2) is 7.23. The minimum atomic E-state index is -4.34. The highest BCUT2D eigenvalue weighted by Gasteiger charge is 2.30. The first-order valence-electron chi connectivity index (χ1n) is 8.71. The van der Waals surface area contributed by atoms with E-state index in [0.717, 1.165) is 43.6 Å². The van der Waals surface area contributed by atoms with Crippen LogP contribution in [0.15, 0.2) is 24.3 Å². The van der Waals surface area contributed by atoms with E-state index in [1.807, 2.05) is 13.0 Å². The maximum atomic E-state index is 12.8. The summed E-state index contributed by atoms with van der Waals surface area (Å²) < 4.78 is 38.5. The Kier molecular flexibility index (Phi) is 5.18. The lowest BCUT2D eigenvalue weighted by Gasteiger charge is -2.30. The number of alkyl halides is 3. The van der Waals surface area contributed by atoms with Gasteiger partial charge in [0, 0.05) is 18.2 Å². The molecule has 0 amide bonds. The van der Waals surface area contributed by atoms with Crippen molar-refractivity contribution in [3.63, 3.8) is 0 Å². The zero-order chi connectivity index (χ0) is 18.9. The molecule has 0 bridgehead atoms. The minimum absolute atomic E-state index is 0.334. The van der Waals surface area contributed by atoms with E-state index in [0.29, 0.717) is 28.7 Å². The number of likely N-dealkylation sites (tertiary alicyclic amines) is 1. The summed E-state index contributed by atoms with van der Waals surface area (Å²) in [5, 5.41) is 11.9. The van der Waals surface area contributed by atoms with Gasteiger partial charge in [0.1, 0.15) is 5.82 Å². The van der Waals surface area contributed by atoms with Gasteiger partial charge in [0.2, 0.25) is 0 Å². The Morgan fingerprint density at radius 2 is 1.88 bits per heavy atom. The number of likely N-dealkylation sites (N-methyl/N-ethyl adjacent to an activating group) is 1. The lowest BCUT2D eigenvalue weighted by atomic mass is 9.99. The monoisotopic (exact) mass is 364 g/mol. The summed E-state index contributed by atoms with van der Waals surface area (Å²) in [5.41, 5.74) is 2.06. The van der Waals surface area contributed by atoms with E-state index in [2.05, 4.69) is 27.5 Å². The fourth-order valence-electron chi connectivity index (χ4n) is 3.42. The summed E-state index contributed by atoms with van der Waals surface area (Å²) in [7, 11) is 2.10. The zero-order valence-electron chi connectivity index (χ0n) is 15.2. The zero-order valence-corrected chi connectivity index (χ0v) is 15.2. The van der Waals surface area contributed by atoms with Crippen molar-refractivity contribution in [2.45, 2.75) is 38.9 Å². The lowest BCUT2D eigenvalue weighted by Crippen LogP contribution is -2.39. The van der Waals surface area contributed by atoms with Crippen LogP contribution in [0.1, 0.15) is 29.5 Å². The van der Waals surface area contributed by atoms with Crippen LogP contribution >= 0.6 is 0 Å². The van der Waals surface area contributed by atoms with E-state index < -0.39 is 11.7 Å². The molecule has 1 aromatic heterocycles. The first kappa shape index (κ1) is 18.6. The van der Waals surface area contributed by atoms with E-state index >= 15 is 0 Å². The summed E-state index contributed by atoms with van der Waals surface area (Å²) in [4.78, 5) is 2.28. The molecule has 1 saturated heterocycles. The molecule has 1 aromatic carbocycles. The summed E-state index contributed by atoms with van der Waals surface area (Å²) in [6.45, 7) is 5.63. The third-order valence-corrected chi connectivity index (χ3v) is 4.77. The van der Waals surface area contributed by atoms with Crippen molar-refractivity contribution in [1.82, 2.24) is 15.1 Å². The molecule has 7 heteroatoms. The maximum absolute atomic E-state index is 12.8. The van der Waals surface area contributed by atoms with Gasteiger partial charge in [-0.25, -0.2) is 0 Å². The smallest absolute Gasteiger partial charge is 0.365 e. The Hall–Kier alpha value is -2.15. The first-order valence-corrected chi connectivity index (χ1v) is 8.71. The Balaban J connectivity index is 1.81. The van der Waals surface area contributed by atoms with Gasteiger partial charge in [-0.3, -0.25) is 0 Å². The summed E-state index contributed by atoms with van der Waals surface area (Å²) in [6, 6.07) is 5.96. The number of piperidine rings is 1. The van der Waals surface area contributed by atoms with E-state index in [1.165, 1.54) is 6.07 Å². The standard InChI is InChI=1S/C19H23F3N4/c1-12-9-14(19(20,21)22)6-7-16(12)18-13(2)10-17(24-25-18)23-15-5-4-8-26(3)11-15/h6-7,9-10,15H,4-5,8,11H2,1-3H3,(H,23,24)/t15-/m1/s1. The molecule has 0 saturated carbocycles. The molecule has 1 aliphatic heterocycles. The van der Waals surface area contributed by atoms with Crippen LogP contribution in [0, 0.1) is 13.8 Å². The van der Waals surface area contributed by atoms with Crippen LogP contribution in [0.2, 0.25) is 0 Å². The molecule has 1 atom stereocenters. The predicted molar refractivity (Wildman–Crippen MR) is 96.1 cm³/mol. The van der Waals surface area contributed by atoms with Crippen molar-refractivity contribution in [2.75, 3.05) is 25.5 Å². The van der Waals surface area contributed by atoms with Crippen LogP contribution in [0.3, 0.4) is 0 Å². The highest BCUT2D eigenvalue weighted by atomic mass is 19.4. The number of aryl methyl sites for hydroxylation is 2. The maximum Gasteiger partial charge on any atom is 0.416 e. The van der Waals surface area contributed by atoms with E-state index in [1.54, 1.807) is 6.92 Å². The molecule has 1 aliphatic rings. The van der Waals surface area contributed by atoms with Crippen molar-refractivity contribution < 1.29 is 13.2 Å². The Labute approximate surface area is 151 Å². The average Bonchev–Trinajstić information content (AvgIpc) is 2.55. The highest BCUT2D eigenvalue weighted by Crippen LogP contribution is 2.33. The van der Waals surface area contributed by atoms with Gasteiger partial charge in [0.05, 0.1) is 11.3 Å². The third kappa shape index (κ3) is 4.15. The van der Waals surface area contributed by atoms with Crippen molar-refractivity contribution in [3.8, 4) is 11.3 Å². The Bertz CT molecular complexity index is 789. The van der Waals surface area contributed by atoms with Gasteiger partial charge in [0.15, 0.2) is 0 Å². The summed E-state index contributed by atoms with van der Waals surface area (Å²) in [5.74, 6) is 0.705. The number of benzene rings is 1. The molecular weight excluding hydrogens is 341 g/mol. The first-order chi connectivity index (χ1) is 12.2. The van der Waals surface area contributed by atoms with E-state index in [-0.39, 0.29) is 0 Å². The fraction of sp³-hybridized carbons (Fsp3) is 0.474. The molecule has 0 spiro atoms. The number of nitrogens with zero attached hydrogens (tertiary/aromatic N) is 3. The number of nitrogens with one attached hydrogen (secondary N) is 1. The predicted octanol–water partition coefficient (Wildman–Crippen LogP) is 4.29. The van der Waals surface area contributed by atoms with Gasteiger partial charge in [-0.15, -0.1) is 10.2 Å². The van der Waals surface area contributed by atoms with E-state index in [9.17, 15) is 13.2 Å². The molecule has 0 radical (unpaired) electrons. The molecule has 26 heavy (non-hydrogen) atoms. The number of halogens is 3. The average molecular weight is 364 g/mol. The second-order valence-corrected chi connectivity index (χ2v) is 7.03. The molecule has 140 valence electrons. The van der Waals surface area contributed by atoms with Gasteiger partial charge in [-0.2, -0.15) is 13.2 Å². The Morgan fingerprint density at radius 3 is 2.50 bits per heavy atom. The quantitative estimate of drug-likeness (QED) is 0.882. The number of hydrogen-bond donors (Lipinski definition) is 1. The van der Waals surface area contributed by atoms with Crippen LogP contribution in [0.5, 0.6) is 0 Å². The van der Waals surface area contributed by atoms with Crippen molar-refractivity contribution in [2.24, 2.45) is 0 Å². The van der Waals surface area contributed by atoms with Gasteiger partial charge in [0.25, 0.3) is 0 Å². The number of anilines is 1. The Morgan fingerprint density at radius 1 is 1.12 bits per heavy atom. The largest absolute Gasteiger partial charge is 0.416 e. The van der Waals surface area contributed by atoms with Gasteiger partial charge in [-0.05, 0) is 69.6 Å². The second-order valence-electron chi connectivity index (χ2n) is 7.03. The van der Waals surface area contributed by atoms with Crippen LogP contribution in [-0.4, -0.2) is 41.3 Å². The molecule has 4 nitrogen and oxygen atoms in total. The van der Waals surface area contributed by atoms with Crippen molar-refractivity contribution in [1.29, 1.82) is 0 Å². The van der Waals surface area contributed by atoms with Gasteiger partial charge >= 0.3 is 6.18 Å². The van der Waals surface area contributed by atoms with Gasteiger partial charge in [-0.1, -0.05) is 6.07 Å². The molecule has 3 rings (SSSR count). The van der Waals surface area contributed by atoms with E-state index in [4.69, 9.17) is 0 Å². The lowest BCUT2D eigenvalue weighted by molar-refractivity contribution is -0.137. The molecule has 1 fully saturated rings. The van der Waals surface area contributed by atoms with Crippen LogP contribution < -0.4 is 5.32 Å². The molecule has 0 unspecified atom stereocenters. The summed E-state index contributed by atoms with van der Waals surface area (Å²) >= 11 is 0. The number of hydrogen-bond acceptors (Lipinski definition) is 4. The minimum Gasteiger partial charge on any atom is -0.365 e. The van der Waals surface area contributed by atoms with Crippen LogP contribution in [0.25, 0.3) is 11.3 Å². The topological polar surface area (TPSA) is 41.1 Å². The van der Waals surface area contributed by atoms with Crippen LogP contribution in [0.4, 0.5) is 19.0 Å². The fourth-order valence-corrected chi connectivity index (χ4v) is 3.42. The van der Waals surface area contributed by atoms with Crippen LogP contribution in [-0.2, 0) is 6.18 Å². The molecular formula is C19H23F3N4. The van der Waals surface area contributed by atoms with Crippen molar-refractivity contribution in [3.05, 3.63) is 41.0 Å². The highest BCUT2D eigenvalue weighted by molar-refractivity contribution is 5.67. The normalized spacial score (nSPS) is 18.8. The number of rotatable bonds is 3. The molecule has 2 heterocycles. The summed E-state index contributed by atoms with van der Waals surface area (Å²) in [6.07, 6.45) is -2.11.